The molecular formula is C14H12Cl3N3. The van der Waals surface area contributed by atoms with Gasteiger partial charge in [-0.1, -0.05) is 52.9 Å². The molecule has 0 amide bonds. The van der Waals surface area contributed by atoms with Gasteiger partial charge in [-0.05, 0) is 26.0 Å². The first-order valence-electron chi connectivity index (χ1n) is 5.83. The van der Waals surface area contributed by atoms with Crippen molar-refractivity contribution in [2.45, 2.75) is 23.2 Å². The Hall–Kier alpha value is -1.21. The van der Waals surface area contributed by atoms with Gasteiger partial charge < -0.3 is 5.32 Å². The van der Waals surface area contributed by atoms with Crippen molar-refractivity contribution in [1.82, 2.24) is 9.97 Å². The Bertz CT molecular complexity index is 684. The van der Waals surface area contributed by atoms with Crippen LogP contribution in [0.4, 0.5) is 5.82 Å². The summed E-state index contributed by atoms with van der Waals surface area (Å²) in [4.78, 5) is 8.56. The first kappa shape index (κ1) is 15.2. The highest BCUT2D eigenvalue weighted by atomic mass is 35.6. The average Bonchev–Trinajstić information content (AvgIpc) is 2.37. The van der Waals surface area contributed by atoms with E-state index < -0.39 is 9.33 Å². The third-order valence-corrected chi connectivity index (χ3v) is 3.16. The highest BCUT2D eigenvalue weighted by Gasteiger charge is 2.28. The minimum atomic E-state index is -1.69. The third kappa shape index (κ3) is 3.27. The SMILES string of the molecule is C#CC(C)(C)Nc1nc(C(Cl)(Cl)Cl)nc2ccccc12. The van der Waals surface area contributed by atoms with Crippen LogP contribution in [0.2, 0.25) is 0 Å². The quantitative estimate of drug-likeness (QED) is 0.660. The van der Waals surface area contributed by atoms with Crippen molar-refractivity contribution in [2.75, 3.05) is 5.32 Å². The number of hydrogen-bond acceptors (Lipinski definition) is 3. The van der Waals surface area contributed by atoms with Crippen molar-refractivity contribution in [2.24, 2.45) is 0 Å². The molecule has 1 N–H and O–H groups in total. The Labute approximate surface area is 132 Å². The number of anilines is 1. The molecule has 2 aromatic rings. The van der Waals surface area contributed by atoms with Gasteiger partial charge in [0.15, 0.2) is 5.82 Å². The Morgan fingerprint density at radius 1 is 1.15 bits per heavy atom. The monoisotopic (exact) mass is 327 g/mol. The second-order valence-electron chi connectivity index (χ2n) is 4.81. The third-order valence-electron chi connectivity index (χ3n) is 2.65. The van der Waals surface area contributed by atoms with E-state index in [1.54, 1.807) is 0 Å². The maximum atomic E-state index is 5.87. The molecule has 1 aromatic carbocycles. The number of para-hydroxylation sites is 1. The number of fused-ring (bicyclic) bond motifs is 1. The second kappa shape index (κ2) is 5.29. The Morgan fingerprint density at radius 3 is 2.40 bits per heavy atom. The predicted molar refractivity (Wildman–Crippen MR) is 85.3 cm³/mol. The van der Waals surface area contributed by atoms with Crippen molar-refractivity contribution < 1.29 is 0 Å². The molecule has 0 spiro atoms. The summed E-state index contributed by atoms with van der Waals surface area (Å²) in [5.74, 6) is 3.29. The van der Waals surface area contributed by atoms with Crippen LogP contribution in [0.25, 0.3) is 10.9 Å². The number of halogens is 3. The van der Waals surface area contributed by atoms with E-state index in [9.17, 15) is 0 Å². The molecule has 1 heterocycles. The van der Waals surface area contributed by atoms with Crippen molar-refractivity contribution in [1.29, 1.82) is 0 Å². The molecule has 0 aliphatic rings. The van der Waals surface area contributed by atoms with E-state index in [0.717, 1.165) is 5.39 Å². The highest BCUT2D eigenvalue weighted by molar-refractivity contribution is 6.66. The van der Waals surface area contributed by atoms with Gasteiger partial charge in [0.25, 0.3) is 0 Å². The Kier molecular flexibility index (Phi) is 4.02. The Morgan fingerprint density at radius 2 is 1.80 bits per heavy atom. The van der Waals surface area contributed by atoms with Gasteiger partial charge in [0.1, 0.15) is 5.82 Å². The lowest BCUT2D eigenvalue weighted by Gasteiger charge is -2.22. The van der Waals surface area contributed by atoms with E-state index in [0.29, 0.717) is 11.3 Å². The van der Waals surface area contributed by atoms with Crippen LogP contribution >= 0.6 is 34.8 Å². The topological polar surface area (TPSA) is 37.8 Å². The average molecular weight is 329 g/mol. The Balaban J connectivity index is 2.65. The zero-order valence-electron chi connectivity index (χ0n) is 10.9. The van der Waals surface area contributed by atoms with Gasteiger partial charge in [0.05, 0.1) is 11.1 Å². The van der Waals surface area contributed by atoms with Crippen molar-refractivity contribution in [3.05, 3.63) is 30.1 Å². The molecule has 0 bridgehead atoms. The van der Waals surface area contributed by atoms with Crippen molar-refractivity contribution in [3.63, 3.8) is 0 Å². The number of nitrogens with zero attached hydrogens (tertiary/aromatic N) is 2. The van der Waals surface area contributed by atoms with E-state index in [4.69, 9.17) is 41.2 Å². The molecule has 0 aliphatic heterocycles. The molecule has 1 aromatic heterocycles. The second-order valence-corrected chi connectivity index (χ2v) is 7.09. The number of aromatic nitrogens is 2. The van der Waals surface area contributed by atoms with Crippen molar-refractivity contribution >= 4 is 51.5 Å². The number of nitrogens with one attached hydrogen (secondary N) is 1. The number of rotatable bonds is 2. The van der Waals surface area contributed by atoms with Gasteiger partial charge in [-0.15, -0.1) is 6.42 Å². The minimum Gasteiger partial charge on any atom is -0.354 e. The number of benzene rings is 1. The molecule has 20 heavy (non-hydrogen) atoms. The summed E-state index contributed by atoms with van der Waals surface area (Å²) in [5, 5.41) is 3.97. The summed E-state index contributed by atoms with van der Waals surface area (Å²) >= 11 is 17.6. The largest absolute Gasteiger partial charge is 0.354 e. The highest BCUT2D eigenvalue weighted by Crippen LogP contribution is 2.37. The van der Waals surface area contributed by atoms with E-state index in [1.165, 1.54) is 0 Å². The molecule has 0 unspecified atom stereocenters. The molecule has 0 radical (unpaired) electrons. The van der Waals surface area contributed by atoms with Gasteiger partial charge in [-0.2, -0.15) is 0 Å². The fourth-order valence-electron chi connectivity index (χ4n) is 1.63. The molecule has 104 valence electrons. The summed E-state index contributed by atoms with van der Waals surface area (Å²) in [5.41, 5.74) is 0.0984. The summed E-state index contributed by atoms with van der Waals surface area (Å²) in [7, 11) is 0. The van der Waals surface area contributed by atoms with Crippen LogP contribution in [0, 0.1) is 12.3 Å². The van der Waals surface area contributed by atoms with E-state index >= 15 is 0 Å². The van der Waals surface area contributed by atoms with Crippen LogP contribution < -0.4 is 5.32 Å². The molecule has 0 atom stereocenters. The molecule has 6 heteroatoms. The van der Waals surface area contributed by atoms with E-state index in [2.05, 4.69) is 21.2 Å². The minimum absolute atomic E-state index is 0.108. The van der Waals surface area contributed by atoms with Gasteiger partial charge in [0.2, 0.25) is 3.79 Å². The maximum absolute atomic E-state index is 5.87. The van der Waals surface area contributed by atoms with Crippen LogP contribution in [0.5, 0.6) is 0 Å². The first-order chi connectivity index (χ1) is 9.23. The van der Waals surface area contributed by atoms with Gasteiger partial charge in [-0.25, -0.2) is 9.97 Å². The lowest BCUT2D eigenvalue weighted by molar-refractivity contribution is 0.735. The summed E-state index contributed by atoms with van der Waals surface area (Å²) in [6.45, 7) is 3.72. The molecule has 0 saturated heterocycles. The van der Waals surface area contributed by atoms with Crippen LogP contribution in [-0.2, 0) is 3.79 Å². The molecule has 2 rings (SSSR count). The van der Waals surface area contributed by atoms with Crippen LogP contribution in [0.3, 0.4) is 0 Å². The van der Waals surface area contributed by atoms with Crippen LogP contribution in [0.1, 0.15) is 19.7 Å². The normalized spacial score (nSPS) is 12.2. The maximum Gasteiger partial charge on any atom is 0.250 e. The predicted octanol–water partition coefficient (Wildman–Crippen LogP) is 4.28. The van der Waals surface area contributed by atoms with Gasteiger partial charge >= 0.3 is 0 Å². The summed E-state index contributed by atoms with van der Waals surface area (Å²) in [6, 6.07) is 7.44. The van der Waals surface area contributed by atoms with E-state index in [-0.39, 0.29) is 5.82 Å². The fourth-order valence-corrected chi connectivity index (χ4v) is 1.88. The lowest BCUT2D eigenvalue weighted by Crippen LogP contribution is -2.29. The molecule has 0 fully saturated rings. The summed E-state index contributed by atoms with van der Waals surface area (Å²) < 4.78 is -1.69. The molecule has 3 nitrogen and oxygen atoms in total. The molecular weight excluding hydrogens is 317 g/mol. The first-order valence-corrected chi connectivity index (χ1v) is 6.96. The van der Waals surface area contributed by atoms with E-state index in [1.807, 2.05) is 38.1 Å². The summed E-state index contributed by atoms with van der Waals surface area (Å²) in [6.07, 6.45) is 5.49. The van der Waals surface area contributed by atoms with Crippen LogP contribution in [0.15, 0.2) is 24.3 Å². The zero-order valence-corrected chi connectivity index (χ0v) is 13.2. The standard InChI is InChI=1S/C14H12Cl3N3/c1-4-13(2,3)20-11-9-7-5-6-8-10(9)18-12(19-11)14(15,16)17/h1,5-8H,2-3H3,(H,18,19,20). The number of hydrogen-bond donors (Lipinski definition) is 1. The zero-order chi connectivity index (χ0) is 15.0. The smallest absolute Gasteiger partial charge is 0.250 e. The fraction of sp³-hybridized carbons (Fsp3) is 0.286. The molecule has 0 aliphatic carbocycles. The van der Waals surface area contributed by atoms with Gasteiger partial charge in [0, 0.05) is 5.39 Å². The lowest BCUT2D eigenvalue weighted by atomic mass is 10.1. The molecule has 0 saturated carbocycles. The van der Waals surface area contributed by atoms with Gasteiger partial charge in [-0.3, -0.25) is 0 Å². The van der Waals surface area contributed by atoms with Crippen molar-refractivity contribution in [3.8, 4) is 12.3 Å². The number of alkyl halides is 3. The van der Waals surface area contributed by atoms with Crippen LogP contribution in [-0.4, -0.2) is 15.5 Å². The number of terminal acetylenes is 1.